The first kappa shape index (κ1) is 12.0. The van der Waals surface area contributed by atoms with Gasteiger partial charge in [0.1, 0.15) is 0 Å². The van der Waals surface area contributed by atoms with Crippen molar-refractivity contribution in [2.45, 2.75) is 11.8 Å². The standard InChI is InChI=1S/C15H13NO2S/c1-11-5-4-7-12(9-11)14-10-13-6-2-3-8-15(13)19(17,18)16-14/h2-10,16H,1H3. The van der Waals surface area contributed by atoms with Crippen molar-refractivity contribution in [1.29, 1.82) is 0 Å². The maximum absolute atomic E-state index is 12.2. The van der Waals surface area contributed by atoms with Gasteiger partial charge < -0.3 is 0 Å². The summed E-state index contributed by atoms with van der Waals surface area (Å²) in [6.07, 6.45) is 1.87. The van der Waals surface area contributed by atoms with Crippen molar-refractivity contribution in [2.24, 2.45) is 0 Å². The third-order valence-electron chi connectivity index (χ3n) is 3.08. The van der Waals surface area contributed by atoms with E-state index in [4.69, 9.17) is 0 Å². The topological polar surface area (TPSA) is 46.2 Å². The maximum atomic E-state index is 12.2. The summed E-state index contributed by atoms with van der Waals surface area (Å²) in [5, 5.41) is 0. The van der Waals surface area contributed by atoms with Crippen LogP contribution in [0.3, 0.4) is 0 Å². The Morgan fingerprint density at radius 2 is 1.79 bits per heavy atom. The largest absolute Gasteiger partial charge is 0.279 e. The molecule has 0 aromatic heterocycles. The molecule has 96 valence electrons. The van der Waals surface area contributed by atoms with Crippen LogP contribution in [0.25, 0.3) is 11.8 Å². The molecule has 1 aliphatic rings. The number of benzene rings is 2. The summed E-state index contributed by atoms with van der Waals surface area (Å²) in [7, 11) is -3.47. The second-order valence-electron chi connectivity index (χ2n) is 4.57. The van der Waals surface area contributed by atoms with Gasteiger partial charge in [0.2, 0.25) is 0 Å². The molecule has 0 amide bonds. The van der Waals surface area contributed by atoms with Crippen LogP contribution < -0.4 is 4.72 Å². The molecule has 0 unspecified atom stereocenters. The van der Waals surface area contributed by atoms with E-state index in [0.717, 1.165) is 16.7 Å². The predicted molar refractivity (Wildman–Crippen MR) is 75.8 cm³/mol. The minimum atomic E-state index is -3.47. The summed E-state index contributed by atoms with van der Waals surface area (Å²) < 4.78 is 27.0. The van der Waals surface area contributed by atoms with Gasteiger partial charge in [0.15, 0.2) is 0 Å². The Labute approximate surface area is 112 Å². The molecule has 3 nitrogen and oxygen atoms in total. The van der Waals surface area contributed by atoms with Gasteiger partial charge in [-0.2, -0.15) is 0 Å². The first-order chi connectivity index (χ1) is 9.06. The van der Waals surface area contributed by atoms with E-state index < -0.39 is 10.0 Å². The zero-order valence-electron chi connectivity index (χ0n) is 10.4. The van der Waals surface area contributed by atoms with Crippen LogP contribution in [0.5, 0.6) is 0 Å². The van der Waals surface area contributed by atoms with Crippen molar-refractivity contribution in [3.63, 3.8) is 0 Å². The summed E-state index contributed by atoms with van der Waals surface area (Å²) in [4.78, 5) is 0.325. The fourth-order valence-electron chi connectivity index (χ4n) is 2.18. The Balaban J connectivity index is 2.19. The molecule has 4 heteroatoms. The quantitative estimate of drug-likeness (QED) is 0.867. The van der Waals surface area contributed by atoms with E-state index in [2.05, 4.69) is 4.72 Å². The Morgan fingerprint density at radius 1 is 1.00 bits per heavy atom. The first-order valence-electron chi connectivity index (χ1n) is 5.97. The molecule has 0 spiro atoms. The molecule has 2 aromatic rings. The Bertz CT molecular complexity index is 776. The number of aryl methyl sites for hydroxylation is 1. The lowest BCUT2D eigenvalue weighted by Crippen LogP contribution is -2.26. The van der Waals surface area contributed by atoms with Crippen molar-refractivity contribution in [2.75, 3.05) is 0 Å². The number of rotatable bonds is 1. The van der Waals surface area contributed by atoms with Crippen molar-refractivity contribution < 1.29 is 8.42 Å². The van der Waals surface area contributed by atoms with Gasteiger partial charge in [0, 0.05) is 0 Å². The van der Waals surface area contributed by atoms with E-state index in [-0.39, 0.29) is 0 Å². The van der Waals surface area contributed by atoms with Gasteiger partial charge in [0.25, 0.3) is 10.0 Å². The summed E-state index contributed by atoms with van der Waals surface area (Å²) in [5.74, 6) is 0. The van der Waals surface area contributed by atoms with Crippen LogP contribution in [0.2, 0.25) is 0 Å². The van der Waals surface area contributed by atoms with Gasteiger partial charge in [-0.05, 0) is 36.3 Å². The fourth-order valence-corrected chi connectivity index (χ4v) is 3.46. The Morgan fingerprint density at radius 3 is 2.58 bits per heavy atom. The molecule has 0 bridgehead atoms. The molecular weight excluding hydrogens is 258 g/mol. The highest BCUT2D eigenvalue weighted by Gasteiger charge is 2.23. The van der Waals surface area contributed by atoms with Crippen molar-refractivity contribution in [3.8, 4) is 0 Å². The molecule has 2 aromatic carbocycles. The third kappa shape index (κ3) is 2.15. The van der Waals surface area contributed by atoms with Crippen LogP contribution in [0.4, 0.5) is 0 Å². The Kier molecular flexibility index (Phi) is 2.68. The lowest BCUT2D eigenvalue weighted by molar-refractivity contribution is 0.591. The molecule has 0 radical (unpaired) electrons. The highest BCUT2D eigenvalue weighted by molar-refractivity contribution is 7.90. The number of nitrogens with one attached hydrogen (secondary N) is 1. The number of hydrogen-bond donors (Lipinski definition) is 1. The van der Waals surface area contributed by atoms with Gasteiger partial charge in [-0.3, -0.25) is 4.72 Å². The second kappa shape index (κ2) is 4.24. The SMILES string of the molecule is Cc1cccc(C2=Cc3ccccc3S(=O)(=O)N2)c1. The summed E-state index contributed by atoms with van der Waals surface area (Å²) in [5.41, 5.74) is 3.30. The van der Waals surface area contributed by atoms with Crippen LogP contribution in [-0.4, -0.2) is 8.42 Å². The Hall–Kier alpha value is -2.07. The average molecular weight is 271 g/mol. The second-order valence-corrected chi connectivity index (χ2v) is 6.22. The van der Waals surface area contributed by atoms with E-state index in [9.17, 15) is 8.42 Å². The number of sulfonamides is 1. The van der Waals surface area contributed by atoms with E-state index >= 15 is 0 Å². The fraction of sp³-hybridized carbons (Fsp3) is 0.0667. The van der Waals surface area contributed by atoms with Gasteiger partial charge in [-0.1, -0.05) is 42.0 Å². The highest BCUT2D eigenvalue weighted by Crippen LogP contribution is 2.28. The summed E-state index contributed by atoms with van der Waals surface area (Å²) >= 11 is 0. The molecule has 0 aliphatic carbocycles. The normalized spacial score (nSPS) is 16.2. The van der Waals surface area contributed by atoms with Gasteiger partial charge in [0.05, 0.1) is 10.6 Å². The molecule has 19 heavy (non-hydrogen) atoms. The van der Waals surface area contributed by atoms with Crippen molar-refractivity contribution in [1.82, 2.24) is 4.72 Å². The van der Waals surface area contributed by atoms with Crippen LogP contribution in [0, 0.1) is 6.92 Å². The van der Waals surface area contributed by atoms with Crippen molar-refractivity contribution >= 4 is 21.8 Å². The summed E-state index contributed by atoms with van der Waals surface area (Å²) in [6, 6.07) is 14.7. The minimum absolute atomic E-state index is 0.325. The average Bonchev–Trinajstić information content (AvgIpc) is 2.38. The highest BCUT2D eigenvalue weighted by atomic mass is 32.2. The van der Waals surface area contributed by atoms with Gasteiger partial charge in [-0.25, -0.2) is 8.42 Å². The molecule has 3 rings (SSSR count). The molecule has 0 atom stereocenters. The lowest BCUT2D eigenvalue weighted by atomic mass is 10.1. The monoisotopic (exact) mass is 271 g/mol. The molecule has 1 heterocycles. The van der Waals surface area contributed by atoms with E-state index in [1.165, 1.54) is 0 Å². The minimum Gasteiger partial charge on any atom is -0.279 e. The lowest BCUT2D eigenvalue weighted by Gasteiger charge is -2.19. The van der Waals surface area contributed by atoms with Crippen LogP contribution in [0.1, 0.15) is 16.7 Å². The van der Waals surface area contributed by atoms with Crippen LogP contribution >= 0.6 is 0 Å². The molecule has 1 aliphatic heterocycles. The smallest absolute Gasteiger partial charge is 0.262 e. The number of fused-ring (bicyclic) bond motifs is 1. The summed E-state index contributed by atoms with van der Waals surface area (Å²) in [6.45, 7) is 1.98. The number of hydrogen-bond acceptors (Lipinski definition) is 2. The van der Waals surface area contributed by atoms with E-state index in [0.29, 0.717) is 10.6 Å². The maximum Gasteiger partial charge on any atom is 0.262 e. The van der Waals surface area contributed by atoms with Gasteiger partial charge in [-0.15, -0.1) is 0 Å². The van der Waals surface area contributed by atoms with Gasteiger partial charge >= 0.3 is 0 Å². The van der Waals surface area contributed by atoms with Crippen molar-refractivity contribution in [3.05, 3.63) is 65.2 Å². The van der Waals surface area contributed by atoms with Crippen LogP contribution in [-0.2, 0) is 10.0 Å². The molecular formula is C15H13NO2S. The van der Waals surface area contributed by atoms with Crippen LogP contribution in [0.15, 0.2) is 53.4 Å². The zero-order valence-corrected chi connectivity index (χ0v) is 11.2. The molecule has 0 saturated heterocycles. The third-order valence-corrected chi connectivity index (χ3v) is 4.52. The zero-order chi connectivity index (χ0) is 13.5. The predicted octanol–water partition coefficient (Wildman–Crippen LogP) is 2.79. The van der Waals surface area contributed by atoms with E-state index in [1.54, 1.807) is 12.1 Å². The van der Waals surface area contributed by atoms with E-state index in [1.807, 2.05) is 49.4 Å². The first-order valence-corrected chi connectivity index (χ1v) is 7.45. The molecule has 0 saturated carbocycles. The molecule has 1 N–H and O–H groups in total. The molecule has 0 fully saturated rings.